The molecule has 3 rings (SSSR count). The normalized spacial score (nSPS) is 12.0. The number of nitrogens with zero attached hydrogens (tertiary/aromatic N) is 4. The number of rotatable bonds is 7. The van der Waals surface area contributed by atoms with Crippen LogP contribution in [-0.2, 0) is 11.8 Å². The van der Waals surface area contributed by atoms with Crippen molar-refractivity contribution in [3.63, 3.8) is 0 Å². The number of carbonyl (C=O) groups is 1. The summed E-state index contributed by atoms with van der Waals surface area (Å²) in [5, 5.41) is 21.3. The van der Waals surface area contributed by atoms with Gasteiger partial charge in [-0.05, 0) is 18.2 Å². The van der Waals surface area contributed by atoms with Crippen LogP contribution in [-0.4, -0.2) is 56.9 Å². The fourth-order valence-electron chi connectivity index (χ4n) is 2.67. The average molecular weight is 418 g/mol. The van der Waals surface area contributed by atoms with Gasteiger partial charge in [0.1, 0.15) is 11.3 Å². The summed E-state index contributed by atoms with van der Waals surface area (Å²) in [6, 6.07) is 8.29. The number of methoxy groups -OCH3 is 1. The number of ether oxygens (including phenoxy) is 1. The highest BCUT2D eigenvalue weighted by atomic mass is 35.5. The number of aliphatic hydroxyl groups excluding tert-OH is 1. The molecule has 0 saturated heterocycles. The van der Waals surface area contributed by atoms with E-state index in [0.29, 0.717) is 22.0 Å². The summed E-state index contributed by atoms with van der Waals surface area (Å²) >= 11 is 5.95. The number of aromatic nitrogens is 4. The van der Waals surface area contributed by atoms with Crippen LogP contribution in [0.3, 0.4) is 0 Å². The Morgan fingerprint density at radius 3 is 2.69 bits per heavy atom. The molecule has 0 radical (unpaired) electrons. The summed E-state index contributed by atoms with van der Waals surface area (Å²) < 4.78 is 7.48. The first-order valence-electron chi connectivity index (χ1n) is 8.73. The number of amides is 1. The Bertz CT molecular complexity index is 1060. The van der Waals surface area contributed by atoms with Gasteiger partial charge in [0.25, 0.3) is 11.5 Å². The number of nitrogens with one attached hydrogen (secondary N) is 1. The third-order valence-electron chi connectivity index (χ3n) is 4.09. The van der Waals surface area contributed by atoms with Gasteiger partial charge >= 0.3 is 0 Å². The minimum Gasteiger partial charge on any atom is -0.389 e. The molecule has 10 heteroatoms. The number of halogens is 1. The second-order valence-electron chi connectivity index (χ2n) is 6.36. The van der Waals surface area contributed by atoms with E-state index in [9.17, 15) is 14.7 Å². The van der Waals surface area contributed by atoms with Crippen LogP contribution in [0.2, 0.25) is 5.02 Å². The summed E-state index contributed by atoms with van der Waals surface area (Å²) in [6.45, 7) is 0.00414. The van der Waals surface area contributed by atoms with Gasteiger partial charge < -0.3 is 15.2 Å². The predicted molar refractivity (Wildman–Crippen MR) is 107 cm³/mol. The van der Waals surface area contributed by atoms with Crippen LogP contribution in [0.25, 0.3) is 16.9 Å². The van der Waals surface area contributed by atoms with Gasteiger partial charge in [-0.2, -0.15) is 14.9 Å². The van der Waals surface area contributed by atoms with Gasteiger partial charge in [0, 0.05) is 31.3 Å². The van der Waals surface area contributed by atoms with Crippen molar-refractivity contribution in [2.75, 3.05) is 20.3 Å². The Balaban J connectivity index is 2.04. The third kappa shape index (κ3) is 4.89. The van der Waals surface area contributed by atoms with Crippen molar-refractivity contribution in [1.29, 1.82) is 0 Å². The topological polar surface area (TPSA) is 111 Å². The van der Waals surface area contributed by atoms with Crippen LogP contribution in [0.5, 0.6) is 0 Å². The summed E-state index contributed by atoms with van der Waals surface area (Å²) in [7, 11) is 3.15. The molecule has 0 saturated carbocycles. The molecule has 2 N–H and O–H groups in total. The minimum atomic E-state index is -0.887. The molecule has 0 aliphatic rings. The lowest BCUT2D eigenvalue weighted by molar-refractivity contribution is 0.0609. The first kappa shape index (κ1) is 20.7. The van der Waals surface area contributed by atoms with Crippen molar-refractivity contribution in [3.8, 4) is 16.9 Å². The van der Waals surface area contributed by atoms with E-state index in [0.717, 1.165) is 4.68 Å². The summed E-state index contributed by atoms with van der Waals surface area (Å²) in [5.74, 6) is -0.625. The molecule has 0 aliphatic heterocycles. The highest BCUT2D eigenvalue weighted by molar-refractivity contribution is 6.30. The van der Waals surface area contributed by atoms with Crippen molar-refractivity contribution in [2.45, 2.75) is 6.10 Å². The quantitative estimate of drug-likeness (QED) is 0.593. The number of hydrogen-bond acceptors (Lipinski definition) is 6. The van der Waals surface area contributed by atoms with Crippen molar-refractivity contribution in [3.05, 3.63) is 63.7 Å². The van der Waals surface area contributed by atoms with E-state index in [2.05, 4.69) is 15.5 Å². The number of hydrogen-bond donors (Lipinski definition) is 2. The largest absolute Gasteiger partial charge is 0.389 e. The van der Waals surface area contributed by atoms with E-state index in [-0.39, 0.29) is 18.7 Å². The maximum absolute atomic E-state index is 12.9. The van der Waals surface area contributed by atoms with Gasteiger partial charge in [-0.3, -0.25) is 14.3 Å². The van der Waals surface area contributed by atoms with Gasteiger partial charge in [-0.1, -0.05) is 23.7 Å². The molecule has 1 atom stereocenters. The van der Waals surface area contributed by atoms with E-state index >= 15 is 0 Å². The fourth-order valence-corrected chi connectivity index (χ4v) is 2.79. The van der Waals surface area contributed by atoms with Crippen LogP contribution in [0.1, 0.15) is 10.4 Å². The SMILES string of the molecule is COC[C@@H](O)CNC(=O)c1cc(-c2ccc(Cl)cc2)nn(-c2cnn(C)c2)c1=O. The maximum atomic E-state index is 12.9. The molecule has 0 spiro atoms. The lowest BCUT2D eigenvalue weighted by atomic mass is 10.1. The van der Waals surface area contributed by atoms with Gasteiger partial charge in [0.05, 0.1) is 30.8 Å². The van der Waals surface area contributed by atoms with E-state index in [1.54, 1.807) is 37.5 Å². The first-order valence-corrected chi connectivity index (χ1v) is 9.11. The van der Waals surface area contributed by atoms with Crippen molar-refractivity contribution >= 4 is 17.5 Å². The zero-order valence-corrected chi connectivity index (χ0v) is 16.6. The number of carbonyl (C=O) groups excluding carboxylic acids is 1. The zero-order chi connectivity index (χ0) is 21.0. The molecule has 3 aromatic rings. The molecule has 29 heavy (non-hydrogen) atoms. The van der Waals surface area contributed by atoms with Gasteiger partial charge in [-0.15, -0.1) is 0 Å². The second-order valence-corrected chi connectivity index (χ2v) is 6.79. The molecule has 0 aliphatic carbocycles. The number of aryl methyl sites for hydroxylation is 1. The van der Waals surface area contributed by atoms with Crippen LogP contribution in [0.4, 0.5) is 0 Å². The van der Waals surface area contributed by atoms with Crippen molar-refractivity contribution in [2.24, 2.45) is 7.05 Å². The van der Waals surface area contributed by atoms with Gasteiger partial charge in [0.2, 0.25) is 0 Å². The first-order chi connectivity index (χ1) is 13.9. The van der Waals surface area contributed by atoms with Crippen LogP contribution < -0.4 is 10.9 Å². The minimum absolute atomic E-state index is 0.0579. The highest BCUT2D eigenvalue weighted by Gasteiger charge is 2.19. The number of benzene rings is 1. The molecular formula is C19H20ClN5O4. The lowest BCUT2D eigenvalue weighted by Gasteiger charge is -2.12. The van der Waals surface area contributed by atoms with E-state index < -0.39 is 17.6 Å². The molecule has 0 fully saturated rings. The standard InChI is InChI=1S/C19H20ClN5O4/c1-24-10-14(8-22-24)25-19(28)16(18(27)21-9-15(26)11-29-2)7-17(23-25)12-3-5-13(20)6-4-12/h3-8,10,15,26H,9,11H2,1-2H3,(H,21,27)/t15-/m0/s1. The molecule has 2 heterocycles. The van der Waals surface area contributed by atoms with E-state index in [1.165, 1.54) is 24.1 Å². The Hall–Kier alpha value is -3.01. The molecule has 152 valence electrons. The van der Waals surface area contributed by atoms with Crippen LogP contribution >= 0.6 is 11.6 Å². The Kier molecular flexibility index (Phi) is 6.42. The molecule has 0 bridgehead atoms. The van der Waals surface area contributed by atoms with Crippen molar-refractivity contribution < 1.29 is 14.6 Å². The smallest absolute Gasteiger partial charge is 0.284 e. The average Bonchev–Trinajstić information content (AvgIpc) is 3.13. The lowest BCUT2D eigenvalue weighted by Crippen LogP contribution is -2.38. The zero-order valence-electron chi connectivity index (χ0n) is 15.9. The second kappa shape index (κ2) is 8.99. The predicted octanol–water partition coefficient (Wildman–Crippen LogP) is 1.02. The monoisotopic (exact) mass is 417 g/mol. The Morgan fingerprint density at radius 2 is 2.07 bits per heavy atom. The van der Waals surface area contributed by atoms with Gasteiger partial charge in [0.15, 0.2) is 0 Å². The molecule has 2 aromatic heterocycles. The summed E-state index contributed by atoms with van der Waals surface area (Å²) in [5.41, 5.74) is 0.794. The summed E-state index contributed by atoms with van der Waals surface area (Å²) in [4.78, 5) is 25.6. The molecule has 1 amide bonds. The van der Waals surface area contributed by atoms with Crippen LogP contribution in [0.15, 0.2) is 47.5 Å². The van der Waals surface area contributed by atoms with E-state index in [1.807, 2.05) is 0 Å². The number of aliphatic hydroxyl groups is 1. The highest BCUT2D eigenvalue weighted by Crippen LogP contribution is 2.20. The summed E-state index contributed by atoms with van der Waals surface area (Å²) in [6.07, 6.45) is 2.20. The van der Waals surface area contributed by atoms with Crippen molar-refractivity contribution in [1.82, 2.24) is 24.9 Å². The van der Waals surface area contributed by atoms with Crippen LogP contribution in [0, 0.1) is 0 Å². The molecule has 9 nitrogen and oxygen atoms in total. The maximum Gasteiger partial charge on any atom is 0.284 e. The van der Waals surface area contributed by atoms with Gasteiger partial charge in [-0.25, -0.2) is 0 Å². The molecule has 0 unspecified atom stereocenters. The molecule has 1 aromatic carbocycles. The fraction of sp³-hybridized carbons (Fsp3) is 0.263. The van der Waals surface area contributed by atoms with E-state index in [4.69, 9.17) is 16.3 Å². The Labute approximate surface area is 171 Å². The molecular weight excluding hydrogens is 398 g/mol. The Morgan fingerprint density at radius 1 is 1.34 bits per heavy atom. The third-order valence-corrected chi connectivity index (χ3v) is 4.34.